The Morgan fingerprint density at radius 3 is 3.00 bits per heavy atom. The largest absolute Gasteiger partial charge is 0.371 e. The molecule has 0 saturated heterocycles. The molecule has 0 heterocycles. The molecule has 1 N–H and O–H groups in total. The minimum atomic E-state index is -1.49. The van der Waals surface area contributed by atoms with Crippen LogP contribution in [0, 0.1) is 23.7 Å². The fourth-order valence-electron chi connectivity index (χ4n) is 1.65. The molecule has 74 valence electrons. The van der Waals surface area contributed by atoms with Crippen LogP contribution in [0.2, 0.25) is 0 Å². The van der Waals surface area contributed by atoms with Crippen LogP contribution in [0.25, 0.3) is 0 Å². The molecule has 2 rings (SSSR count). The van der Waals surface area contributed by atoms with Gasteiger partial charge in [0, 0.05) is 12.0 Å². The van der Waals surface area contributed by atoms with E-state index in [2.05, 4.69) is 23.7 Å². The molecule has 0 amide bonds. The van der Waals surface area contributed by atoms with E-state index in [0.29, 0.717) is 24.8 Å². The summed E-state index contributed by atoms with van der Waals surface area (Å²) in [5.74, 6) is 10.6. The SMILES string of the molecule is O=C1C2=CCCC1(O)C#C/C=C\C#CC2. The standard InChI is InChI=1S/C13H10O2/c14-12-11-7-4-2-1-3-5-9-13(12,15)10-6-8-11/h1,3,8,15H,6-7,10H2/b3-1-. The molecule has 0 fully saturated rings. The van der Waals surface area contributed by atoms with Gasteiger partial charge in [-0.25, -0.2) is 0 Å². The molecule has 0 aromatic carbocycles. The molecule has 2 aliphatic carbocycles. The topological polar surface area (TPSA) is 37.3 Å². The highest BCUT2D eigenvalue weighted by atomic mass is 16.3. The van der Waals surface area contributed by atoms with Gasteiger partial charge in [-0.2, -0.15) is 0 Å². The average Bonchev–Trinajstić information content (AvgIpc) is 2.21. The van der Waals surface area contributed by atoms with Gasteiger partial charge in [0.05, 0.1) is 0 Å². The van der Waals surface area contributed by atoms with Crippen LogP contribution in [0.1, 0.15) is 19.3 Å². The summed E-state index contributed by atoms with van der Waals surface area (Å²) in [6, 6.07) is 0. The Morgan fingerprint density at radius 2 is 2.13 bits per heavy atom. The van der Waals surface area contributed by atoms with Gasteiger partial charge in [-0.1, -0.05) is 29.8 Å². The highest BCUT2D eigenvalue weighted by Crippen LogP contribution is 2.26. The van der Waals surface area contributed by atoms with Crippen molar-refractivity contribution in [1.29, 1.82) is 0 Å². The fourth-order valence-corrected chi connectivity index (χ4v) is 1.65. The number of aliphatic hydroxyl groups is 1. The predicted molar refractivity (Wildman–Crippen MR) is 56.6 cm³/mol. The van der Waals surface area contributed by atoms with Gasteiger partial charge >= 0.3 is 0 Å². The number of allylic oxidation sites excluding steroid dienone is 3. The van der Waals surface area contributed by atoms with E-state index in [4.69, 9.17) is 0 Å². The Hall–Kier alpha value is -1.77. The number of carbonyl (C=O) groups is 1. The summed E-state index contributed by atoms with van der Waals surface area (Å²) >= 11 is 0. The Kier molecular flexibility index (Phi) is 2.46. The van der Waals surface area contributed by atoms with Crippen molar-refractivity contribution >= 4 is 5.78 Å². The zero-order valence-electron chi connectivity index (χ0n) is 8.21. The van der Waals surface area contributed by atoms with Gasteiger partial charge in [-0.15, -0.1) is 0 Å². The maximum absolute atomic E-state index is 11.9. The van der Waals surface area contributed by atoms with Crippen LogP contribution in [-0.2, 0) is 4.79 Å². The van der Waals surface area contributed by atoms with Crippen LogP contribution in [0.3, 0.4) is 0 Å². The van der Waals surface area contributed by atoms with E-state index in [9.17, 15) is 9.90 Å². The normalized spacial score (nSPS) is 30.2. The highest BCUT2D eigenvalue weighted by Gasteiger charge is 2.37. The molecule has 0 aliphatic heterocycles. The van der Waals surface area contributed by atoms with Crippen molar-refractivity contribution in [3.8, 4) is 23.7 Å². The van der Waals surface area contributed by atoms with E-state index >= 15 is 0 Å². The van der Waals surface area contributed by atoms with Gasteiger partial charge < -0.3 is 5.11 Å². The summed E-state index contributed by atoms with van der Waals surface area (Å²) in [5.41, 5.74) is -0.908. The lowest BCUT2D eigenvalue weighted by Crippen LogP contribution is -2.40. The molecule has 1 atom stereocenters. The molecule has 2 heteroatoms. The van der Waals surface area contributed by atoms with Gasteiger partial charge in [-0.05, 0) is 25.0 Å². The molecule has 0 spiro atoms. The second-order valence-corrected chi connectivity index (χ2v) is 3.56. The van der Waals surface area contributed by atoms with Crippen molar-refractivity contribution in [2.45, 2.75) is 24.9 Å². The number of fused-ring (bicyclic) bond motifs is 2. The Bertz CT molecular complexity index is 474. The smallest absolute Gasteiger partial charge is 0.203 e. The van der Waals surface area contributed by atoms with Crippen LogP contribution in [0.5, 0.6) is 0 Å². The van der Waals surface area contributed by atoms with Gasteiger partial charge in [0.2, 0.25) is 5.78 Å². The first-order valence-electron chi connectivity index (χ1n) is 4.85. The summed E-state index contributed by atoms with van der Waals surface area (Å²) in [4.78, 5) is 11.9. The van der Waals surface area contributed by atoms with Crippen molar-refractivity contribution in [2.75, 3.05) is 0 Å². The van der Waals surface area contributed by atoms with Crippen LogP contribution < -0.4 is 0 Å². The first kappa shape index (κ1) is 9.77. The lowest BCUT2D eigenvalue weighted by Gasteiger charge is -2.25. The molecule has 15 heavy (non-hydrogen) atoms. The quantitative estimate of drug-likeness (QED) is 0.589. The number of hydrogen-bond donors (Lipinski definition) is 1. The number of hydrogen-bond acceptors (Lipinski definition) is 2. The van der Waals surface area contributed by atoms with E-state index in [1.165, 1.54) is 0 Å². The van der Waals surface area contributed by atoms with E-state index in [0.717, 1.165) is 0 Å². The molecular formula is C13H10O2. The zero-order valence-corrected chi connectivity index (χ0v) is 8.21. The van der Waals surface area contributed by atoms with Gasteiger partial charge in [0.15, 0.2) is 5.60 Å². The molecular weight excluding hydrogens is 188 g/mol. The predicted octanol–water partition coefficient (Wildman–Crippen LogP) is 0.973. The average molecular weight is 198 g/mol. The Labute approximate surface area is 88.7 Å². The van der Waals surface area contributed by atoms with Crippen LogP contribution in [0.4, 0.5) is 0 Å². The van der Waals surface area contributed by atoms with Crippen molar-refractivity contribution in [3.05, 3.63) is 23.8 Å². The van der Waals surface area contributed by atoms with Gasteiger partial charge in [0.25, 0.3) is 0 Å². The van der Waals surface area contributed by atoms with Crippen molar-refractivity contribution in [3.63, 3.8) is 0 Å². The monoisotopic (exact) mass is 198 g/mol. The third-order valence-electron chi connectivity index (χ3n) is 2.47. The lowest BCUT2D eigenvalue weighted by atomic mass is 9.82. The van der Waals surface area contributed by atoms with Gasteiger partial charge in [-0.3, -0.25) is 4.79 Å². The van der Waals surface area contributed by atoms with Crippen molar-refractivity contribution in [2.24, 2.45) is 0 Å². The maximum Gasteiger partial charge on any atom is 0.203 e. The third-order valence-corrected chi connectivity index (χ3v) is 2.47. The van der Waals surface area contributed by atoms with Crippen LogP contribution in [-0.4, -0.2) is 16.5 Å². The van der Waals surface area contributed by atoms with Crippen molar-refractivity contribution in [1.82, 2.24) is 0 Å². The minimum absolute atomic E-state index is 0.286. The fraction of sp³-hybridized carbons (Fsp3) is 0.308. The molecule has 2 bridgehead atoms. The van der Waals surface area contributed by atoms with E-state index in [1.807, 2.05) is 6.08 Å². The lowest BCUT2D eigenvalue weighted by molar-refractivity contribution is -0.129. The summed E-state index contributed by atoms with van der Waals surface area (Å²) in [7, 11) is 0. The van der Waals surface area contributed by atoms with Gasteiger partial charge in [0.1, 0.15) is 0 Å². The minimum Gasteiger partial charge on any atom is -0.371 e. The number of rotatable bonds is 0. The molecule has 2 aliphatic rings. The van der Waals surface area contributed by atoms with Crippen LogP contribution in [0.15, 0.2) is 23.8 Å². The molecule has 0 aromatic heterocycles. The molecule has 2 nitrogen and oxygen atoms in total. The van der Waals surface area contributed by atoms with E-state index in [1.54, 1.807) is 12.2 Å². The number of carbonyl (C=O) groups excluding carboxylic acids is 1. The third kappa shape index (κ3) is 1.86. The number of Topliss-reactive ketones (excluding diaryl/α,β-unsaturated/α-hetero) is 1. The highest BCUT2D eigenvalue weighted by molar-refractivity contribution is 6.05. The number of ketones is 1. The summed E-state index contributed by atoms with van der Waals surface area (Å²) in [6.45, 7) is 0. The van der Waals surface area contributed by atoms with E-state index in [-0.39, 0.29) is 5.78 Å². The first-order chi connectivity index (χ1) is 7.22. The Balaban J connectivity index is 2.47. The summed E-state index contributed by atoms with van der Waals surface area (Å²) in [6.07, 6.45) is 6.48. The summed E-state index contributed by atoms with van der Waals surface area (Å²) in [5, 5.41) is 10.0. The van der Waals surface area contributed by atoms with E-state index < -0.39 is 5.60 Å². The van der Waals surface area contributed by atoms with Crippen LogP contribution >= 0.6 is 0 Å². The Morgan fingerprint density at radius 1 is 1.33 bits per heavy atom. The second kappa shape index (κ2) is 3.77. The zero-order chi connectivity index (χ0) is 10.7. The maximum atomic E-state index is 11.9. The molecule has 0 saturated carbocycles. The molecule has 1 unspecified atom stereocenters. The first-order valence-corrected chi connectivity index (χ1v) is 4.85. The van der Waals surface area contributed by atoms with Crippen molar-refractivity contribution < 1.29 is 9.90 Å². The molecule has 0 aromatic rings. The summed E-state index contributed by atoms with van der Waals surface area (Å²) < 4.78 is 0. The molecule has 0 radical (unpaired) electrons. The second-order valence-electron chi connectivity index (χ2n) is 3.56.